The maximum atomic E-state index is 12.0. The molecule has 0 saturated heterocycles. The number of para-hydroxylation sites is 1. The van der Waals surface area contributed by atoms with Gasteiger partial charge >= 0.3 is 0 Å². The van der Waals surface area contributed by atoms with Crippen molar-refractivity contribution in [2.45, 2.75) is 25.5 Å². The lowest BCUT2D eigenvalue weighted by atomic mass is 10.1. The summed E-state index contributed by atoms with van der Waals surface area (Å²) in [5.41, 5.74) is 5.98. The molecule has 0 unspecified atom stereocenters. The summed E-state index contributed by atoms with van der Waals surface area (Å²) in [6, 6.07) is 6.63. The molecule has 7 nitrogen and oxygen atoms in total. The standard InChI is InChI=1S/C14H17N5O2S/c1-3-19-9(2)17-18-14(19)22-8-12(20)16-11-7-5-4-6-10(11)13(15)21/h4-7H,3,8H2,1-2H3,(H2,15,21)(H,16,20). The number of primary amides is 1. The summed E-state index contributed by atoms with van der Waals surface area (Å²) in [5.74, 6) is 0.169. The molecule has 0 aliphatic heterocycles. The Morgan fingerprint density at radius 2 is 2.05 bits per heavy atom. The highest BCUT2D eigenvalue weighted by Gasteiger charge is 2.13. The van der Waals surface area contributed by atoms with Crippen molar-refractivity contribution >= 4 is 29.3 Å². The highest BCUT2D eigenvalue weighted by Crippen LogP contribution is 2.18. The molecule has 2 aromatic rings. The van der Waals surface area contributed by atoms with Gasteiger partial charge in [-0.05, 0) is 26.0 Å². The van der Waals surface area contributed by atoms with E-state index in [9.17, 15) is 9.59 Å². The first-order chi connectivity index (χ1) is 10.5. The van der Waals surface area contributed by atoms with Crippen LogP contribution in [0.25, 0.3) is 0 Å². The van der Waals surface area contributed by atoms with Crippen LogP contribution in [-0.2, 0) is 11.3 Å². The van der Waals surface area contributed by atoms with Crippen LogP contribution in [0, 0.1) is 6.92 Å². The molecule has 0 radical (unpaired) electrons. The largest absolute Gasteiger partial charge is 0.366 e. The van der Waals surface area contributed by atoms with E-state index in [1.54, 1.807) is 24.3 Å². The Labute approximate surface area is 132 Å². The number of aromatic nitrogens is 3. The van der Waals surface area contributed by atoms with Crippen molar-refractivity contribution in [1.82, 2.24) is 14.8 Å². The van der Waals surface area contributed by atoms with E-state index in [0.29, 0.717) is 10.8 Å². The Morgan fingerprint density at radius 1 is 1.32 bits per heavy atom. The molecule has 1 heterocycles. The minimum absolute atomic E-state index is 0.172. The number of hydrogen-bond donors (Lipinski definition) is 2. The zero-order valence-corrected chi connectivity index (χ0v) is 13.2. The first-order valence-corrected chi connectivity index (χ1v) is 7.72. The summed E-state index contributed by atoms with van der Waals surface area (Å²) in [6.07, 6.45) is 0. The topological polar surface area (TPSA) is 103 Å². The Kier molecular flexibility index (Phi) is 5.16. The Morgan fingerprint density at radius 3 is 2.73 bits per heavy atom. The maximum Gasteiger partial charge on any atom is 0.250 e. The third-order valence-electron chi connectivity index (χ3n) is 3.02. The monoisotopic (exact) mass is 319 g/mol. The number of hydrogen-bond acceptors (Lipinski definition) is 5. The number of carbonyl (C=O) groups excluding carboxylic acids is 2. The Bertz CT molecular complexity index is 698. The fourth-order valence-electron chi connectivity index (χ4n) is 1.96. The molecule has 3 N–H and O–H groups in total. The van der Waals surface area contributed by atoms with E-state index in [4.69, 9.17) is 5.73 Å². The van der Waals surface area contributed by atoms with Crippen LogP contribution in [0.4, 0.5) is 5.69 Å². The van der Waals surface area contributed by atoms with Gasteiger partial charge in [0.25, 0.3) is 5.91 Å². The Balaban J connectivity index is 2.01. The summed E-state index contributed by atoms with van der Waals surface area (Å²) < 4.78 is 1.93. The highest BCUT2D eigenvalue weighted by atomic mass is 32.2. The van der Waals surface area contributed by atoms with Gasteiger partial charge in [0, 0.05) is 6.54 Å². The predicted octanol–water partition coefficient (Wildman–Crippen LogP) is 1.44. The van der Waals surface area contributed by atoms with Crippen LogP contribution in [0.1, 0.15) is 23.1 Å². The second-order valence-electron chi connectivity index (χ2n) is 4.52. The van der Waals surface area contributed by atoms with Crippen LogP contribution >= 0.6 is 11.8 Å². The molecule has 116 valence electrons. The van der Waals surface area contributed by atoms with Gasteiger partial charge in [0.1, 0.15) is 5.82 Å². The second-order valence-corrected chi connectivity index (χ2v) is 5.46. The first kappa shape index (κ1) is 16.0. The van der Waals surface area contributed by atoms with Crippen molar-refractivity contribution in [2.75, 3.05) is 11.1 Å². The molecule has 0 bridgehead atoms. The van der Waals surface area contributed by atoms with Crippen molar-refractivity contribution in [3.8, 4) is 0 Å². The number of nitrogens with one attached hydrogen (secondary N) is 1. The lowest BCUT2D eigenvalue weighted by molar-refractivity contribution is -0.113. The zero-order valence-electron chi connectivity index (χ0n) is 12.4. The third kappa shape index (κ3) is 3.64. The van der Waals surface area contributed by atoms with Crippen LogP contribution in [0.3, 0.4) is 0 Å². The van der Waals surface area contributed by atoms with Crippen molar-refractivity contribution in [3.63, 3.8) is 0 Å². The van der Waals surface area contributed by atoms with Gasteiger partial charge in [0.2, 0.25) is 5.91 Å². The molecule has 22 heavy (non-hydrogen) atoms. The molecule has 0 saturated carbocycles. The molecule has 0 fully saturated rings. The number of amides is 2. The number of nitrogens with two attached hydrogens (primary N) is 1. The van der Waals surface area contributed by atoms with E-state index < -0.39 is 5.91 Å². The van der Waals surface area contributed by atoms with Crippen molar-refractivity contribution in [2.24, 2.45) is 5.73 Å². The van der Waals surface area contributed by atoms with Crippen molar-refractivity contribution < 1.29 is 9.59 Å². The summed E-state index contributed by atoms with van der Waals surface area (Å²) in [7, 11) is 0. The molecule has 1 aromatic carbocycles. The molecule has 0 atom stereocenters. The van der Waals surface area contributed by atoms with Crippen molar-refractivity contribution in [1.29, 1.82) is 0 Å². The smallest absolute Gasteiger partial charge is 0.250 e. The molecule has 2 rings (SSSR count). The first-order valence-electron chi connectivity index (χ1n) is 6.74. The summed E-state index contributed by atoms with van der Waals surface area (Å²) in [5, 5.41) is 11.4. The number of carbonyl (C=O) groups is 2. The number of rotatable bonds is 6. The number of benzene rings is 1. The number of nitrogens with zero attached hydrogens (tertiary/aromatic N) is 3. The predicted molar refractivity (Wildman–Crippen MR) is 84.7 cm³/mol. The van der Waals surface area contributed by atoms with Crippen LogP contribution in [0.5, 0.6) is 0 Å². The fourth-order valence-corrected chi connectivity index (χ4v) is 2.80. The van der Waals surface area contributed by atoms with E-state index in [0.717, 1.165) is 12.4 Å². The number of anilines is 1. The van der Waals surface area contributed by atoms with Crippen LogP contribution in [-0.4, -0.2) is 32.3 Å². The van der Waals surface area contributed by atoms with Crippen LogP contribution < -0.4 is 11.1 Å². The van der Waals surface area contributed by atoms with E-state index >= 15 is 0 Å². The van der Waals surface area contributed by atoms with Gasteiger partial charge in [0.15, 0.2) is 5.16 Å². The summed E-state index contributed by atoms with van der Waals surface area (Å²) >= 11 is 1.30. The number of thioether (sulfide) groups is 1. The van der Waals surface area contributed by atoms with Gasteiger partial charge < -0.3 is 15.6 Å². The zero-order chi connectivity index (χ0) is 16.1. The van der Waals surface area contributed by atoms with Crippen LogP contribution in [0.15, 0.2) is 29.4 Å². The molecule has 0 aliphatic carbocycles. The average molecular weight is 319 g/mol. The minimum Gasteiger partial charge on any atom is -0.366 e. The van der Waals surface area contributed by atoms with E-state index in [1.807, 2.05) is 18.4 Å². The molecular weight excluding hydrogens is 302 g/mol. The molecule has 2 amide bonds. The lowest BCUT2D eigenvalue weighted by Crippen LogP contribution is -2.19. The molecule has 0 spiro atoms. The van der Waals surface area contributed by atoms with Crippen LogP contribution in [0.2, 0.25) is 0 Å². The van der Waals surface area contributed by atoms with E-state index in [2.05, 4.69) is 15.5 Å². The van der Waals surface area contributed by atoms with Gasteiger partial charge in [-0.25, -0.2) is 0 Å². The van der Waals surface area contributed by atoms with E-state index in [1.165, 1.54) is 11.8 Å². The SMILES string of the molecule is CCn1c(C)nnc1SCC(=O)Nc1ccccc1C(N)=O. The minimum atomic E-state index is -0.579. The van der Waals surface area contributed by atoms with E-state index in [-0.39, 0.29) is 17.2 Å². The quantitative estimate of drug-likeness (QED) is 0.784. The summed E-state index contributed by atoms with van der Waals surface area (Å²) in [4.78, 5) is 23.3. The van der Waals surface area contributed by atoms with Gasteiger partial charge in [-0.15, -0.1) is 10.2 Å². The van der Waals surface area contributed by atoms with Gasteiger partial charge in [-0.3, -0.25) is 9.59 Å². The molecular formula is C14H17N5O2S. The van der Waals surface area contributed by atoms with Gasteiger partial charge in [-0.2, -0.15) is 0 Å². The highest BCUT2D eigenvalue weighted by molar-refractivity contribution is 7.99. The van der Waals surface area contributed by atoms with Crippen molar-refractivity contribution in [3.05, 3.63) is 35.7 Å². The fraction of sp³-hybridized carbons (Fsp3) is 0.286. The average Bonchev–Trinajstić information content (AvgIpc) is 2.85. The van der Waals surface area contributed by atoms with Gasteiger partial charge in [0.05, 0.1) is 17.0 Å². The molecule has 1 aromatic heterocycles. The second kappa shape index (κ2) is 7.08. The normalized spacial score (nSPS) is 10.5. The molecule has 8 heteroatoms. The Hall–Kier alpha value is -2.35. The summed E-state index contributed by atoms with van der Waals surface area (Å²) in [6.45, 7) is 4.60. The lowest BCUT2D eigenvalue weighted by Gasteiger charge is -2.09. The third-order valence-corrected chi connectivity index (χ3v) is 3.98. The molecule has 0 aliphatic rings. The van der Waals surface area contributed by atoms with Gasteiger partial charge in [-0.1, -0.05) is 23.9 Å². The maximum absolute atomic E-state index is 12.0. The number of aryl methyl sites for hydroxylation is 1.